The molecule has 0 amide bonds. The average molecular weight is 919 g/mol. The number of rotatable bonds is 17. The van der Waals surface area contributed by atoms with Crippen molar-refractivity contribution in [3.05, 3.63) is 101 Å². The number of halogens is 1. The Kier molecular flexibility index (Phi) is 14.0. The molecular formula is C49H56ClN9O5S. The van der Waals surface area contributed by atoms with E-state index in [0.717, 1.165) is 123 Å². The normalized spacial score (nSPS) is 17.0. The number of aromatic nitrogens is 5. The quantitative estimate of drug-likeness (QED) is 0.0949. The number of fused-ring (bicyclic) bond motifs is 1. The molecule has 4 aromatic heterocycles. The van der Waals surface area contributed by atoms with Gasteiger partial charge in [0, 0.05) is 89.2 Å². The molecule has 1 N–H and O–H groups in total. The molecule has 1 aliphatic carbocycles. The Morgan fingerprint density at radius 3 is 2.45 bits per heavy atom. The van der Waals surface area contributed by atoms with E-state index in [-0.39, 0.29) is 24.8 Å². The van der Waals surface area contributed by atoms with Crippen molar-refractivity contribution in [2.24, 2.45) is 0 Å². The first-order chi connectivity index (χ1) is 31.7. The number of likely N-dealkylation sites (N-methyl/N-ethyl adjacent to an activating group) is 2. The molecule has 3 fully saturated rings. The standard InChI is InChI=1S/C49H56ClN9O5S/c1-4-57-22-24-59(25-23-57)36-12-14-38(52-29-36)47-51-17-16-35(54-47)31-63-39-11-6-5-8-34(39)28-41(49(60)61)64-48-44-42(65-55-48)30-53-46(33-9-7-10-33)43(44)37-13-15-40(45(50)32(37)2)62-27-26-58-20-18-56(3)19-21-58/h5-6,8,11-17,29-30,33,41H,4,7,9-10,18-28,31H2,1-3H3,(H,60,61). The lowest BCUT2D eigenvalue weighted by Gasteiger charge is -2.35. The Labute approximate surface area is 389 Å². The van der Waals surface area contributed by atoms with Gasteiger partial charge in [0.1, 0.15) is 30.4 Å². The number of aliphatic carboxylic acids is 1. The van der Waals surface area contributed by atoms with Crippen LogP contribution in [0.4, 0.5) is 5.69 Å². The Hall–Kier alpha value is -5.45. The fraction of sp³-hybridized carbons (Fsp3) is 0.429. The first-order valence-corrected chi connectivity index (χ1v) is 23.8. The number of carboxylic acid groups (broad SMARTS) is 1. The zero-order valence-corrected chi connectivity index (χ0v) is 38.9. The van der Waals surface area contributed by atoms with Crippen LogP contribution in [0.15, 0.2) is 73.2 Å². The maximum Gasteiger partial charge on any atom is 0.345 e. The van der Waals surface area contributed by atoms with Crippen molar-refractivity contribution < 1.29 is 24.1 Å². The van der Waals surface area contributed by atoms with Crippen LogP contribution in [0.1, 0.15) is 54.6 Å². The van der Waals surface area contributed by atoms with Crippen molar-refractivity contribution in [1.29, 1.82) is 0 Å². The highest BCUT2D eigenvalue weighted by molar-refractivity contribution is 7.13. The number of carboxylic acids is 1. The SMILES string of the molecule is CCN1CCN(c2ccc(-c3nccc(COc4ccccc4CC(Oc4nsc5cnc(C6CCC6)c(-c6ccc(OCCN7CCN(C)CC7)c(Cl)c6C)c45)C(=O)O)n3)nc2)CC1. The number of ether oxygens (including phenoxy) is 3. The van der Waals surface area contributed by atoms with Crippen LogP contribution >= 0.6 is 23.1 Å². The summed E-state index contributed by atoms with van der Waals surface area (Å²) in [5.41, 5.74) is 6.69. The number of nitrogens with zero attached hydrogens (tertiary/aromatic N) is 9. The second-order valence-electron chi connectivity index (χ2n) is 17.2. The van der Waals surface area contributed by atoms with E-state index in [1.54, 1.807) is 12.3 Å². The van der Waals surface area contributed by atoms with E-state index in [0.29, 0.717) is 45.9 Å². The molecule has 65 heavy (non-hydrogen) atoms. The molecule has 0 spiro atoms. The third-order valence-electron chi connectivity index (χ3n) is 13.0. The predicted molar refractivity (Wildman–Crippen MR) is 255 cm³/mol. The molecule has 16 heteroatoms. The minimum absolute atomic E-state index is 0.0320. The average Bonchev–Trinajstić information content (AvgIpc) is 3.73. The van der Waals surface area contributed by atoms with Crippen LogP contribution in [0.25, 0.3) is 32.7 Å². The van der Waals surface area contributed by atoms with Gasteiger partial charge in [0.25, 0.3) is 0 Å². The zero-order chi connectivity index (χ0) is 44.9. The fourth-order valence-electron chi connectivity index (χ4n) is 8.78. The summed E-state index contributed by atoms with van der Waals surface area (Å²) in [4.78, 5) is 41.5. The molecular weight excluding hydrogens is 862 g/mol. The summed E-state index contributed by atoms with van der Waals surface area (Å²) in [5, 5.41) is 11.9. The fourth-order valence-corrected chi connectivity index (χ4v) is 9.69. The van der Waals surface area contributed by atoms with Crippen molar-refractivity contribution in [2.45, 2.75) is 58.2 Å². The Balaban J connectivity index is 0.915. The molecule has 2 aliphatic heterocycles. The number of benzene rings is 2. The number of hydrogen-bond acceptors (Lipinski definition) is 14. The highest BCUT2D eigenvalue weighted by Crippen LogP contribution is 2.48. The summed E-state index contributed by atoms with van der Waals surface area (Å²) in [5.74, 6) is 1.08. The Morgan fingerprint density at radius 1 is 0.908 bits per heavy atom. The van der Waals surface area contributed by atoms with Crippen LogP contribution in [0.3, 0.4) is 0 Å². The van der Waals surface area contributed by atoms with E-state index in [1.807, 2.05) is 61.8 Å². The molecule has 0 radical (unpaired) electrons. The van der Waals surface area contributed by atoms with Gasteiger partial charge in [-0.25, -0.2) is 14.8 Å². The molecule has 1 atom stereocenters. The van der Waals surface area contributed by atoms with E-state index < -0.39 is 12.1 Å². The molecule has 2 aromatic carbocycles. The van der Waals surface area contributed by atoms with Gasteiger partial charge in [-0.2, -0.15) is 4.37 Å². The van der Waals surface area contributed by atoms with E-state index in [4.69, 9.17) is 45.1 Å². The summed E-state index contributed by atoms with van der Waals surface area (Å²) in [6, 6.07) is 17.2. The van der Waals surface area contributed by atoms with Gasteiger partial charge in [-0.15, -0.1) is 0 Å². The van der Waals surface area contributed by atoms with E-state index in [1.165, 1.54) is 11.5 Å². The molecule has 1 saturated carbocycles. The number of hydrogen-bond donors (Lipinski definition) is 1. The molecule has 9 rings (SSSR count). The topological polar surface area (TPSA) is 142 Å². The van der Waals surface area contributed by atoms with Gasteiger partial charge in [0.2, 0.25) is 12.0 Å². The van der Waals surface area contributed by atoms with Crippen LogP contribution in [0, 0.1) is 6.92 Å². The summed E-state index contributed by atoms with van der Waals surface area (Å²) in [6.45, 7) is 14.9. The molecule has 14 nitrogen and oxygen atoms in total. The number of carbonyl (C=O) groups is 1. The molecule has 2 saturated heterocycles. The zero-order valence-electron chi connectivity index (χ0n) is 37.3. The summed E-state index contributed by atoms with van der Waals surface area (Å²) >= 11 is 8.33. The number of piperazine rings is 2. The Bertz CT molecular complexity index is 2590. The molecule has 0 bridgehead atoms. The number of anilines is 1. The number of para-hydroxylation sites is 1. The van der Waals surface area contributed by atoms with Crippen LogP contribution < -0.4 is 19.1 Å². The van der Waals surface area contributed by atoms with Crippen LogP contribution in [0.5, 0.6) is 17.4 Å². The van der Waals surface area contributed by atoms with Gasteiger partial charge in [-0.3, -0.25) is 14.9 Å². The van der Waals surface area contributed by atoms with Crippen molar-refractivity contribution >= 4 is 44.9 Å². The maximum atomic E-state index is 13.0. The molecule has 6 heterocycles. The minimum Gasteiger partial charge on any atom is -0.491 e. The van der Waals surface area contributed by atoms with Gasteiger partial charge in [0.15, 0.2) is 5.82 Å². The maximum absolute atomic E-state index is 13.0. The minimum atomic E-state index is -1.27. The largest absolute Gasteiger partial charge is 0.491 e. The Morgan fingerprint density at radius 2 is 1.71 bits per heavy atom. The second-order valence-corrected chi connectivity index (χ2v) is 18.3. The van der Waals surface area contributed by atoms with Gasteiger partial charge >= 0.3 is 5.97 Å². The lowest BCUT2D eigenvalue weighted by molar-refractivity contribution is -0.145. The summed E-state index contributed by atoms with van der Waals surface area (Å²) in [6.07, 6.45) is 7.35. The lowest BCUT2D eigenvalue weighted by atomic mass is 9.79. The van der Waals surface area contributed by atoms with Crippen molar-refractivity contribution in [3.63, 3.8) is 0 Å². The molecule has 3 aliphatic rings. The van der Waals surface area contributed by atoms with E-state index in [9.17, 15) is 9.90 Å². The molecule has 1 unspecified atom stereocenters. The van der Waals surface area contributed by atoms with E-state index >= 15 is 0 Å². The smallest absolute Gasteiger partial charge is 0.345 e. The van der Waals surface area contributed by atoms with Crippen LogP contribution in [-0.2, 0) is 17.8 Å². The highest BCUT2D eigenvalue weighted by atomic mass is 35.5. The van der Waals surface area contributed by atoms with Gasteiger partial charge < -0.3 is 34.0 Å². The van der Waals surface area contributed by atoms with Gasteiger partial charge in [-0.1, -0.05) is 49.2 Å². The number of pyridine rings is 2. The van der Waals surface area contributed by atoms with Crippen molar-refractivity contribution in [1.82, 2.24) is 39.0 Å². The lowest BCUT2D eigenvalue weighted by Crippen LogP contribution is -2.46. The van der Waals surface area contributed by atoms with Gasteiger partial charge in [-0.05, 0) is 91.9 Å². The van der Waals surface area contributed by atoms with Crippen molar-refractivity contribution in [3.8, 4) is 40.0 Å². The van der Waals surface area contributed by atoms with Crippen LogP contribution in [0.2, 0.25) is 5.02 Å². The monoisotopic (exact) mass is 917 g/mol. The first-order valence-electron chi connectivity index (χ1n) is 22.7. The second kappa shape index (κ2) is 20.4. The predicted octanol–water partition coefficient (Wildman–Crippen LogP) is 7.86. The van der Waals surface area contributed by atoms with Gasteiger partial charge in [0.05, 0.1) is 38.4 Å². The summed E-state index contributed by atoms with van der Waals surface area (Å²) < 4.78 is 24.5. The third-order valence-corrected chi connectivity index (χ3v) is 14.3. The highest BCUT2D eigenvalue weighted by Gasteiger charge is 2.31. The van der Waals surface area contributed by atoms with E-state index in [2.05, 4.69) is 44.6 Å². The molecule has 340 valence electrons. The molecule has 6 aromatic rings. The van der Waals surface area contributed by atoms with Crippen molar-refractivity contribution in [2.75, 3.05) is 84.0 Å². The first kappa shape index (κ1) is 44.7. The third kappa shape index (κ3) is 10.2. The van der Waals surface area contributed by atoms with Crippen LogP contribution in [-0.4, -0.2) is 135 Å². The summed E-state index contributed by atoms with van der Waals surface area (Å²) in [7, 11) is 2.15.